The lowest BCUT2D eigenvalue weighted by Crippen LogP contribution is -2.46. The summed E-state index contributed by atoms with van der Waals surface area (Å²) in [7, 11) is 0. The number of piperazine rings is 1. The summed E-state index contributed by atoms with van der Waals surface area (Å²) in [5, 5.41) is 11.6. The number of carbonyl (C=O) groups excluding carboxylic acids is 1. The number of halogens is 2. The molecular weight excluding hydrogens is 694 g/mol. The summed E-state index contributed by atoms with van der Waals surface area (Å²) in [5.74, 6) is -0.736. The predicted octanol–water partition coefficient (Wildman–Crippen LogP) is 6.36. The fraction of sp³-hybridized carbons (Fsp3) is 0.400. The first kappa shape index (κ1) is 38.2. The number of hydrogen-bond acceptors (Lipinski definition) is 9. The molecule has 284 valence electrons. The summed E-state index contributed by atoms with van der Waals surface area (Å²) in [6.45, 7) is 13.9. The van der Waals surface area contributed by atoms with Gasteiger partial charge in [0.2, 0.25) is 0 Å². The van der Waals surface area contributed by atoms with Crippen molar-refractivity contribution < 1.29 is 27.8 Å². The predicted molar refractivity (Wildman–Crippen MR) is 201 cm³/mol. The number of nitrogens with zero attached hydrogens (tertiary/aromatic N) is 8. The zero-order chi connectivity index (χ0) is 38.2. The van der Waals surface area contributed by atoms with E-state index in [0.29, 0.717) is 5.75 Å². The minimum atomic E-state index is -1.23. The van der Waals surface area contributed by atoms with Crippen LogP contribution < -0.4 is 19.4 Å². The van der Waals surface area contributed by atoms with Gasteiger partial charge in [-0.25, -0.2) is 23.2 Å². The van der Waals surface area contributed by atoms with Gasteiger partial charge in [0.05, 0.1) is 25.3 Å². The summed E-state index contributed by atoms with van der Waals surface area (Å²) in [6.07, 6.45) is 4.24. The lowest BCUT2D eigenvalue weighted by atomic mass is 9.94. The normalized spacial score (nSPS) is 21.2. The van der Waals surface area contributed by atoms with E-state index >= 15 is 0 Å². The number of benzene rings is 3. The van der Waals surface area contributed by atoms with Gasteiger partial charge in [0, 0.05) is 73.5 Å². The van der Waals surface area contributed by atoms with Crippen LogP contribution in [0.15, 0.2) is 92.0 Å². The molecule has 0 aliphatic carbocycles. The topological polar surface area (TPSA) is 112 Å². The molecule has 3 fully saturated rings. The highest BCUT2D eigenvalue weighted by Crippen LogP contribution is 2.37. The molecule has 4 aromatic rings. The van der Waals surface area contributed by atoms with Gasteiger partial charge in [-0.2, -0.15) is 10.4 Å². The van der Waals surface area contributed by atoms with Crippen molar-refractivity contribution in [3.8, 4) is 11.8 Å². The van der Waals surface area contributed by atoms with Crippen molar-refractivity contribution in [2.24, 2.45) is 0 Å². The van der Waals surface area contributed by atoms with Crippen molar-refractivity contribution >= 4 is 23.1 Å². The Labute approximate surface area is 314 Å². The quantitative estimate of drug-likeness (QED) is 0.162. The van der Waals surface area contributed by atoms with Crippen LogP contribution >= 0.6 is 0 Å². The molecular formula is C40H46F2N8O4. The van der Waals surface area contributed by atoms with Crippen LogP contribution in [-0.2, 0) is 21.6 Å². The van der Waals surface area contributed by atoms with Crippen LogP contribution in [0.3, 0.4) is 0 Å². The standard InChI is InChI=1S/C37H43F2N7O4.C3H3N/c1-4-28-20-45(36(47)46(28)26(2)3)31-8-6-29(7-9-31)42-15-17-43(18-16-42)30-10-12-32(13-11-30)48-21-35-49-23-37(50-35,22-44-25-40-24-41-44)33-14-5-27(38)19-34(33)39;1-2-3-4/h5-14,19,24-26,28,35H,4,15-18,20-23H2,1-3H3;2H,1H2/t28?,35-,37+;/m0./s1. The lowest BCUT2D eigenvalue weighted by Gasteiger charge is -2.37. The zero-order valence-corrected chi connectivity index (χ0v) is 30.9. The molecule has 3 aromatic carbocycles. The number of carbonyl (C=O) groups is 1. The Morgan fingerprint density at radius 3 is 2.19 bits per heavy atom. The molecule has 3 aliphatic heterocycles. The number of ether oxygens (including phenoxy) is 3. The Hall–Kier alpha value is -5.52. The maximum Gasteiger partial charge on any atom is 0.325 e. The highest BCUT2D eigenvalue weighted by Gasteiger charge is 2.46. The SMILES string of the molecule is C=CC#N.CCC1CN(c2ccc(N3CCN(c4ccc(OC[C@H]5OC[C@](Cn6cncn6)(c6ccc(F)cc6F)O5)cc4)CC3)cc2)C(=O)N1C(C)C. The highest BCUT2D eigenvalue weighted by atomic mass is 19.1. The molecule has 12 nitrogen and oxygen atoms in total. The maximum atomic E-state index is 14.9. The summed E-state index contributed by atoms with van der Waals surface area (Å²) < 4.78 is 48.3. The largest absolute Gasteiger partial charge is 0.488 e. The zero-order valence-electron chi connectivity index (χ0n) is 30.9. The van der Waals surface area contributed by atoms with Crippen molar-refractivity contribution in [3.63, 3.8) is 0 Å². The molecule has 0 spiro atoms. The molecule has 3 aliphatic rings. The van der Waals surface area contributed by atoms with Gasteiger partial charge in [0.15, 0.2) is 6.29 Å². The average Bonchev–Trinajstić information content (AvgIpc) is 3.94. The molecule has 3 saturated heterocycles. The van der Waals surface area contributed by atoms with Crippen LogP contribution in [0.25, 0.3) is 0 Å². The van der Waals surface area contributed by atoms with E-state index in [0.717, 1.165) is 62.3 Å². The van der Waals surface area contributed by atoms with Crippen molar-refractivity contribution in [2.75, 3.05) is 60.6 Å². The second kappa shape index (κ2) is 17.1. The molecule has 0 radical (unpaired) electrons. The van der Waals surface area contributed by atoms with Gasteiger partial charge < -0.3 is 28.9 Å². The number of rotatable bonds is 11. The maximum absolute atomic E-state index is 14.9. The molecule has 4 heterocycles. The van der Waals surface area contributed by atoms with Crippen molar-refractivity contribution in [3.05, 3.63) is 109 Å². The Balaban J connectivity index is 0.00000119. The molecule has 0 N–H and O–H groups in total. The number of hydrogen-bond donors (Lipinski definition) is 0. The molecule has 1 aromatic heterocycles. The molecule has 1 unspecified atom stereocenters. The smallest absolute Gasteiger partial charge is 0.325 e. The van der Waals surface area contributed by atoms with Crippen molar-refractivity contribution in [2.45, 2.75) is 57.7 Å². The Kier molecular flexibility index (Phi) is 12.1. The number of nitriles is 1. The fourth-order valence-corrected chi connectivity index (χ4v) is 7.21. The third-order valence-corrected chi connectivity index (χ3v) is 9.92. The van der Waals surface area contributed by atoms with Gasteiger partial charge in [0.25, 0.3) is 0 Å². The number of anilines is 3. The molecule has 7 rings (SSSR count). The van der Waals surface area contributed by atoms with E-state index in [2.05, 4.69) is 71.5 Å². The van der Waals surface area contributed by atoms with E-state index < -0.39 is 23.5 Å². The summed E-state index contributed by atoms with van der Waals surface area (Å²) in [5.41, 5.74) is 2.15. The van der Waals surface area contributed by atoms with Gasteiger partial charge in [-0.15, -0.1) is 0 Å². The molecule has 0 bridgehead atoms. The van der Waals surface area contributed by atoms with E-state index in [-0.39, 0.29) is 43.4 Å². The summed E-state index contributed by atoms with van der Waals surface area (Å²) in [6, 6.07) is 21.9. The van der Waals surface area contributed by atoms with Gasteiger partial charge >= 0.3 is 6.03 Å². The second-order valence-electron chi connectivity index (χ2n) is 13.7. The molecule has 2 amide bonds. The highest BCUT2D eigenvalue weighted by molar-refractivity contribution is 5.95. The van der Waals surface area contributed by atoms with Gasteiger partial charge in [0.1, 0.15) is 42.2 Å². The van der Waals surface area contributed by atoms with Crippen LogP contribution in [-0.4, -0.2) is 90.0 Å². The Morgan fingerprint density at radius 1 is 1.02 bits per heavy atom. The van der Waals surface area contributed by atoms with Crippen LogP contribution in [0, 0.1) is 23.0 Å². The fourth-order valence-electron chi connectivity index (χ4n) is 7.21. The number of urea groups is 1. The first-order valence-electron chi connectivity index (χ1n) is 18.1. The van der Waals surface area contributed by atoms with E-state index in [1.165, 1.54) is 35.5 Å². The third-order valence-electron chi connectivity index (χ3n) is 9.92. The third kappa shape index (κ3) is 8.48. The van der Waals surface area contributed by atoms with Crippen LogP contribution in [0.1, 0.15) is 32.8 Å². The van der Waals surface area contributed by atoms with Gasteiger partial charge in [-0.1, -0.05) is 19.6 Å². The van der Waals surface area contributed by atoms with Crippen LogP contribution in [0.5, 0.6) is 5.75 Å². The Bertz CT molecular complexity index is 1900. The first-order valence-corrected chi connectivity index (χ1v) is 18.1. The van der Waals surface area contributed by atoms with Crippen LogP contribution in [0.2, 0.25) is 0 Å². The average molecular weight is 741 g/mol. The number of allylic oxidation sites excluding steroid dienone is 1. The minimum Gasteiger partial charge on any atom is -0.488 e. The van der Waals surface area contributed by atoms with E-state index in [1.807, 2.05) is 34.1 Å². The van der Waals surface area contributed by atoms with E-state index in [4.69, 9.17) is 19.5 Å². The van der Waals surface area contributed by atoms with E-state index in [1.54, 1.807) is 6.07 Å². The van der Waals surface area contributed by atoms with Crippen molar-refractivity contribution in [1.82, 2.24) is 19.7 Å². The molecule has 0 saturated carbocycles. The molecule has 3 atom stereocenters. The molecule has 14 heteroatoms. The summed E-state index contributed by atoms with van der Waals surface area (Å²) in [4.78, 5) is 25.7. The Morgan fingerprint density at radius 2 is 1.65 bits per heavy atom. The van der Waals surface area contributed by atoms with E-state index in [9.17, 15) is 13.6 Å². The van der Waals surface area contributed by atoms with Gasteiger partial charge in [-0.3, -0.25) is 4.90 Å². The molecule has 54 heavy (non-hydrogen) atoms. The van der Waals surface area contributed by atoms with Crippen LogP contribution in [0.4, 0.5) is 30.6 Å². The minimum absolute atomic E-state index is 0.0348. The first-order chi connectivity index (χ1) is 26.1. The van der Waals surface area contributed by atoms with Gasteiger partial charge in [-0.05, 0) is 74.9 Å². The number of aromatic nitrogens is 3. The lowest BCUT2D eigenvalue weighted by molar-refractivity contribution is -0.117. The number of amides is 2. The second-order valence-corrected chi connectivity index (χ2v) is 13.7. The monoisotopic (exact) mass is 740 g/mol. The van der Waals surface area contributed by atoms with Crippen molar-refractivity contribution in [1.29, 1.82) is 5.26 Å². The summed E-state index contributed by atoms with van der Waals surface area (Å²) >= 11 is 0.